The molecule has 5 heteroatoms. The number of rotatable bonds is 3. The van der Waals surface area contributed by atoms with Gasteiger partial charge in [0.15, 0.2) is 0 Å². The second-order valence-corrected chi connectivity index (χ2v) is 6.53. The minimum atomic E-state index is 0.309. The van der Waals surface area contributed by atoms with Crippen LogP contribution in [-0.2, 0) is 0 Å². The Morgan fingerprint density at radius 1 is 1.20 bits per heavy atom. The van der Waals surface area contributed by atoms with E-state index in [0.717, 1.165) is 47.9 Å². The number of hydrazine groups is 1. The first-order chi connectivity index (χ1) is 9.60. The summed E-state index contributed by atoms with van der Waals surface area (Å²) in [5.74, 6) is 10.4. The van der Waals surface area contributed by atoms with E-state index in [9.17, 15) is 0 Å². The molecular formula is C15H25N5. The van der Waals surface area contributed by atoms with Crippen molar-refractivity contribution in [2.45, 2.75) is 46.0 Å². The number of aromatic nitrogens is 2. The lowest BCUT2D eigenvalue weighted by molar-refractivity contribution is 0.494. The first-order valence-corrected chi connectivity index (χ1v) is 7.70. The Hall–Kier alpha value is -1.36. The molecule has 0 spiro atoms. The smallest absolute Gasteiger partial charge is 0.148 e. The number of nitrogens with zero attached hydrogens (tertiary/aromatic N) is 3. The Morgan fingerprint density at radius 2 is 1.85 bits per heavy atom. The first kappa shape index (κ1) is 13.6. The van der Waals surface area contributed by atoms with E-state index in [1.165, 1.54) is 19.3 Å². The van der Waals surface area contributed by atoms with E-state index in [1.807, 2.05) is 0 Å². The molecule has 2 aliphatic rings. The lowest BCUT2D eigenvalue weighted by Gasteiger charge is -2.23. The molecule has 1 aromatic heterocycles. The highest BCUT2D eigenvalue weighted by atomic mass is 15.3. The molecule has 1 aliphatic heterocycles. The number of hydrogen-bond acceptors (Lipinski definition) is 5. The largest absolute Gasteiger partial charge is 0.356 e. The average molecular weight is 275 g/mol. The Morgan fingerprint density at radius 3 is 2.40 bits per heavy atom. The molecule has 3 rings (SSSR count). The van der Waals surface area contributed by atoms with Gasteiger partial charge < -0.3 is 10.3 Å². The van der Waals surface area contributed by atoms with Gasteiger partial charge in [-0.1, -0.05) is 20.3 Å². The SMILES string of the molecule is Cc1c(NN)nc(C(C)C)nc1N1CC2CCCC2C1. The van der Waals surface area contributed by atoms with Crippen LogP contribution in [-0.4, -0.2) is 23.1 Å². The predicted octanol–water partition coefficient (Wildman–Crippen LogP) is 2.43. The summed E-state index contributed by atoms with van der Waals surface area (Å²) in [5, 5.41) is 0. The van der Waals surface area contributed by atoms with Gasteiger partial charge in [-0.3, -0.25) is 0 Å². The molecule has 0 amide bonds. The van der Waals surface area contributed by atoms with Crippen molar-refractivity contribution >= 4 is 11.6 Å². The molecule has 2 fully saturated rings. The van der Waals surface area contributed by atoms with Gasteiger partial charge >= 0.3 is 0 Å². The van der Waals surface area contributed by atoms with Crippen molar-refractivity contribution in [2.75, 3.05) is 23.4 Å². The number of anilines is 2. The van der Waals surface area contributed by atoms with Gasteiger partial charge in [0, 0.05) is 24.6 Å². The monoisotopic (exact) mass is 275 g/mol. The van der Waals surface area contributed by atoms with Crippen molar-refractivity contribution in [3.8, 4) is 0 Å². The van der Waals surface area contributed by atoms with Crippen LogP contribution in [0.2, 0.25) is 0 Å². The third-order valence-corrected chi connectivity index (χ3v) is 4.82. The van der Waals surface area contributed by atoms with Gasteiger partial charge in [0.2, 0.25) is 0 Å². The van der Waals surface area contributed by atoms with Crippen LogP contribution in [0.3, 0.4) is 0 Å². The van der Waals surface area contributed by atoms with Crippen molar-refractivity contribution in [3.05, 3.63) is 11.4 Å². The summed E-state index contributed by atoms with van der Waals surface area (Å²) in [4.78, 5) is 11.8. The molecule has 2 unspecified atom stereocenters. The van der Waals surface area contributed by atoms with Crippen molar-refractivity contribution < 1.29 is 0 Å². The summed E-state index contributed by atoms with van der Waals surface area (Å²) >= 11 is 0. The number of fused-ring (bicyclic) bond motifs is 1. The van der Waals surface area contributed by atoms with Crippen LogP contribution >= 0.6 is 0 Å². The van der Waals surface area contributed by atoms with Crippen LogP contribution in [0.1, 0.15) is 50.4 Å². The molecule has 110 valence electrons. The third kappa shape index (κ3) is 2.24. The molecule has 0 aromatic carbocycles. The van der Waals surface area contributed by atoms with Crippen LogP contribution in [0, 0.1) is 18.8 Å². The van der Waals surface area contributed by atoms with Gasteiger partial charge in [0.05, 0.1) is 0 Å². The molecule has 5 nitrogen and oxygen atoms in total. The Bertz CT molecular complexity index is 487. The predicted molar refractivity (Wildman–Crippen MR) is 81.7 cm³/mol. The van der Waals surface area contributed by atoms with E-state index in [0.29, 0.717) is 5.92 Å². The second kappa shape index (κ2) is 5.20. The zero-order chi connectivity index (χ0) is 14.3. The van der Waals surface area contributed by atoms with Crippen molar-refractivity contribution in [2.24, 2.45) is 17.7 Å². The lowest BCUT2D eigenvalue weighted by Crippen LogP contribution is -2.25. The summed E-state index contributed by atoms with van der Waals surface area (Å²) in [6.45, 7) is 8.58. The van der Waals surface area contributed by atoms with Crippen LogP contribution in [0.15, 0.2) is 0 Å². The number of nitrogens with one attached hydrogen (secondary N) is 1. The topological polar surface area (TPSA) is 67.1 Å². The summed E-state index contributed by atoms with van der Waals surface area (Å²) in [5.41, 5.74) is 3.79. The highest BCUT2D eigenvalue weighted by Gasteiger charge is 2.37. The van der Waals surface area contributed by atoms with Crippen LogP contribution in [0.25, 0.3) is 0 Å². The minimum absolute atomic E-state index is 0.309. The quantitative estimate of drug-likeness (QED) is 0.655. The second-order valence-electron chi connectivity index (χ2n) is 6.53. The highest BCUT2D eigenvalue weighted by molar-refractivity contribution is 5.59. The van der Waals surface area contributed by atoms with E-state index in [2.05, 4.69) is 36.1 Å². The third-order valence-electron chi connectivity index (χ3n) is 4.82. The van der Waals surface area contributed by atoms with Gasteiger partial charge in [0.25, 0.3) is 0 Å². The Balaban J connectivity index is 1.94. The van der Waals surface area contributed by atoms with E-state index >= 15 is 0 Å². The first-order valence-electron chi connectivity index (χ1n) is 7.70. The van der Waals surface area contributed by atoms with E-state index < -0.39 is 0 Å². The summed E-state index contributed by atoms with van der Waals surface area (Å²) < 4.78 is 0. The van der Waals surface area contributed by atoms with Crippen molar-refractivity contribution in [1.29, 1.82) is 0 Å². The zero-order valence-electron chi connectivity index (χ0n) is 12.7. The van der Waals surface area contributed by atoms with Crippen LogP contribution in [0.5, 0.6) is 0 Å². The minimum Gasteiger partial charge on any atom is -0.356 e. The molecule has 2 heterocycles. The van der Waals surface area contributed by atoms with E-state index in [1.54, 1.807) is 0 Å². The van der Waals surface area contributed by atoms with Gasteiger partial charge in [0.1, 0.15) is 17.5 Å². The molecule has 0 radical (unpaired) electrons. The summed E-state index contributed by atoms with van der Waals surface area (Å²) in [7, 11) is 0. The zero-order valence-corrected chi connectivity index (χ0v) is 12.7. The fraction of sp³-hybridized carbons (Fsp3) is 0.733. The van der Waals surface area contributed by atoms with E-state index in [-0.39, 0.29) is 0 Å². The molecule has 1 saturated heterocycles. The fourth-order valence-electron chi connectivity index (χ4n) is 3.64. The molecule has 20 heavy (non-hydrogen) atoms. The van der Waals surface area contributed by atoms with Crippen molar-refractivity contribution in [3.63, 3.8) is 0 Å². The molecule has 1 saturated carbocycles. The number of hydrogen-bond donors (Lipinski definition) is 2. The Labute approximate surface area is 120 Å². The molecule has 1 aromatic rings. The molecule has 2 atom stereocenters. The van der Waals surface area contributed by atoms with Crippen LogP contribution < -0.4 is 16.2 Å². The normalized spacial score (nSPS) is 25.4. The summed E-state index contributed by atoms with van der Waals surface area (Å²) in [6.07, 6.45) is 4.16. The van der Waals surface area contributed by atoms with Gasteiger partial charge in [-0.25, -0.2) is 15.8 Å². The fourth-order valence-corrected chi connectivity index (χ4v) is 3.64. The number of nitrogens with two attached hydrogens (primary N) is 1. The molecule has 3 N–H and O–H groups in total. The summed E-state index contributed by atoms with van der Waals surface area (Å²) in [6, 6.07) is 0. The molecule has 0 bridgehead atoms. The Kier molecular flexibility index (Phi) is 3.54. The maximum atomic E-state index is 5.62. The lowest BCUT2D eigenvalue weighted by atomic mass is 10.0. The van der Waals surface area contributed by atoms with Gasteiger partial charge in [-0.15, -0.1) is 0 Å². The van der Waals surface area contributed by atoms with Crippen molar-refractivity contribution in [1.82, 2.24) is 9.97 Å². The maximum absolute atomic E-state index is 5.62. The van der Waals surface area contributed by atoms with E-state index in [4.69, 9.17) is 10.8 Å². The average Bonchev–Trinajstić information content (AvgIpc) is 2.99. The standard InChI is InChI=1S/C15H25N5/c1-9(2)13-17-14(19-16)10(3)15(18-13)20-7-11-5-4-6-12(11)8-20/h9,11-12H,4-8,16H2,1-3H3,(H,17,18,19). The molecular weight excluding hydrogens is 250 g/mol. The van der Waals surface area contributed by atoms with Gasteiger partial charge in [-0.2, -0.15) is 0 Å². The molecule has 1 aliphatic carbocycles. The number of nitrogen functional groups attached to an aromatic ring is 1. The van der Waals surface area contributed by atoms with Gasteiger partial charge in [-0.05, 0) is 31.6 Å². The van der Waals surface area contributed by atoms with Crippen LogP contribution in [0.4, 0.5) is 11.6 Å². The highest BCUT2D eigenvalue weighted by Crippen LogP contribution is 2.40. The maximum Gasteiger partial charge on any atom is 0.148 e.